The minimum absolute atomic E-state index is 0.334. The number of nitrogens with zero attached hydrogens (tertiary/aromatic N) is 1. The van der Waals surface area contributed by atoms with Crippen LogP contribution in [0, 0.1) is 17.8 Å². The van der Waals surface area contributed by atoms with Crippen LogP contribution < -0.4 is 0 Å². The Balaban J connectivity index is 1.60. The number of aromatic carboxylic acids is 1. The summed E-state index contributed by atoms with van der Waals surface area (Å²) in [6.45, 7) is 0. The van der Waals surface area contributed by atoms with E-state index in [0.717, 1.165) is 28.5 Å². The van der Waals surface area contributed by atoms with Crippen LogP contribution in [0.2, 0.25) is 0 Å². The Kier molecular flexibility index (Phi) is 3.29. The molecule has 3 atom stereocenters. The van der Waals surface area contributed by atoms with Crippen molar-refractivity contribution in [2.24, 2.45) is 17.8 Å². The molecule has 3 nitrogen and oxygen atoms in total. The highest BCUT2D eigenvalue weighted by molar-refractivity contribution is 7.99. The number of carbonyl (C=O) groups is 1. The highest BCUT2D eigenvalue weighted by Gasteiger charge is 2.39. The highest BCUT2D eigenvalue weighted by atomic mass is 32.2. The average Bonchev–Trinajstić information content (AvgIpc) is 2.99. The maximum Gasteiger partial charge on any atom is 0.335 e. The number of hydrogen-bond acceptors (Lipinski definition) is 3. The highest BCUT2D eigenvalue weighted by Crippen LogP contribution is 2.49. The monoisotopic (exact) mass is 263 g/mol. The summed E-state index contributed by atoms with van der Waals surface area (Å²) >= 11 is 1.71. The van der Waals surface area contributed by atoms with Gasteiger partial charge >= 0.3 is 5.97 Å². The number of rotatable bonds is 4. The third-order valence-corrected chi connectivity index (χ3v) is 5.43. The van der Waals surface area contributed by atoms with Crippen LogP contribution in [0.1, 0.15) is 36.0 Å². The van der Waals surface area contributed by atoms with Crippen molar-refractivity contribution in [1.82, 2.24) is 4.98 Å². The van der Waals surface area contributed by atoms with Crippen LogP contribution in [0.5, 0.6) is 0 Å². The van der Waals surface area contributed by atoms with Gasteiger partial charge in [-0.05, 0) is 49.1 Å². The fourth-order valence-electron chi connectivity index (χ4n) is 3.39. The Morgan fingerprint density at radius 2 is 2.33 bits per heavy atom. The Morgan fingerprint density at radius 3 is 3.00 bits per heavy atom. The molecule has 1 heterocycles. The Labute approximate surface area is 111 Å². The summed E-state index contributed by atoms with van der Waals surface area (Å²) in [5, 5.41) is 9.78. The van der Waals surface area contributed by atoms with Gasteiger partial charge in [-0.2, -0.15) is 0 Å². The van der Waals surface area contributed by atoms with Crippen LogP contribution in [0.25, 0.3) is 0 Å². The van der Waals surface area contributed by atoms with Gasteiger partial charge in [-0.1, -0.05) is 6.42 Å². The van der Waals surface area contributed by atoms with Crippen LogP contribution in [0.3, 0.4) is 0 Å². The first-order chi connectivity index (χ1) is 8.72. The summed E-state index contributed by atoms with van der Waals surface area (Å²) in [5.41, 5.74) is 0.334. The first kappa shape index (κ1) is 12.0. The summed E-state index contributed by atoms with van der Waals surface area (Å²) in [4.78, 5) is 15.1. The van der Waals surface area contributed by atoms with Crippen LogP contribution >= 0.6 is 11.8 Å². The second-order valence-corrected chi connectivity index (χ2v) is 6.47. The van der Waals surface area contributed by atoms with Gasteiger partial charge in [0.2, 0.25) is 0 Å². The number of aromatic nitrogens is 1. The third-order valence-electron chi connectivity index (χ3n) is 4.31. The third kappa shape index (κ3) is 2.39. The molecule has 2 fully saturated rings. The van der Waals surface area contributed by atoms with E-state index >= 15 is 0 Å². The van der Waals surface area contributed by atoms with E-state index in [0.29, 0.717) is 5.56 Å². The molecule has 0 amide bonds. The van der Waals surface area contributed by atoms with Gasteiger partial charge in [0, 0.05) is 11.9 Å². The van der Waals surface area contributed by atoms with Crippen LogP contribution in [0.4, 0.5) is 0 Å². The molecule has 2 aliphatic carbocycles. The van der Waals surface area contributed by atoms with Gasteiger partial charge in [0.25, 0.3) is 0 Å². The molecule has 0 saturated heterocycles. The summed E-state index contributed by atoms with van der Waals surface area (Å²) < 4.78 is 0. The van der Waals surface area contributed by atoms with Crippen molar-refractivity contribution in [2.45, 2.75) is 30.7 Å². The summed E-state index contributed by atoms with van der Waals surface area (Å²) in [6.07, 6.45) is 7.22. The second kappa shape index (κ2) is 4.92. The summed E-state index contributed by atoms with van der Waals surface area (Å²) in [5.74, 6) is 2.93. The smallest absolute Gasteiger partial charge is 0.335 e. The number of fused-ring (bicyclic) bond motifs is 2. The molecule has 3 rings (SSSR count). The molecule has 1 aromatic rings. The van der Waals surface area contributed by atoms with Crippen molar-refractivity contribution < 1.29 is 9.90 Å². The van der Waals surface area contributed by atoms with E-state index in [4.69, 9.17) is 5.11 Å². The molecule has 2 aliphatic rings. The quantitative estimate of drug-likeness (QED) is 0.847. The Morgan fingerprint density at radius 1 is 1.44 bits per heavy atom. The van der Waals surface area contributed by atoms with Crippen molar-refractivity contribution >= 4 is 17.7 Å². The van der Waals surface area contributed by atoms with Gasteiger partial charge in [-0.15, -0.1) is 11.8 Å². The molecule has 0 aliphatic heterocycles. The number of thioether (sulfide) groups is 1. The molecule has 0 aromatic carbocycles. The van der Waals surface area contributed by atoms with Crippen molar-refractivity contribution in [3.8, 4) is 0 Å². The minimum atomic E-state index is -0.876. The van der Waals surface area contributed by atoms with Crippen LogP contribution in [-0.2, 0) is 0 Å². The van der Waals surface area contributed by atoms with Crippen molar-refractivity contribution in [2.75, 3.05) is 5.75 Å². The van der Waals surface area contributed by atoms with Gasteiger partial charge in [-0.25, -0.2) is 9.78 Å². The normalized spacial score (nSPS) is 29.7. The molecule has 1 N–H and O–H groups in total. The van der Waals surface area contributed by atoms with E-state index in [1.165, 1.54) is 25.7 Å². The van der Waals surface area contributed by atoms with Crippen molar-refractivity contribution in [1.29, 1.82) is 0 Å². The number of carboxylic acids is 1. The van der Waals surface area contributed by atoms with Gasteiger partial charge < -0.3 is 5.11 Å². The standard InChI is InChI=1S/C14H17NO2S/c16-14(17)11-3-4-15-13(7-11)18-8-12-6-9-1-2-10(12)5-9/h3-4,7,9-10,12H,1-2,5-6,8H2,(H,16,17). The predicted octanol–water partition coefficient (Wildman–Crippen LogP) is 3.31. The van der Waals surface area contributed by atoms with E-state index in [1.54, 1.807) is 30.1 Å². The SMILES string of the molecule is O=C(O)c1ccnc(SCC2CC3CCC2C3)c1. The zero-order valence-corrected chi connectivity index (χ0v) is 11.0. The molecule has 2 saturated carbocycles. The Hall–Kier alpha value is -1.03. The van der Waals surface area contributed by atoms with Gasteiger partial charge in [-0.3, -0.25) is 0 Å². The first-order valence-electron chi connectivity index (χ1n) is 6.54. The molecule has 4 heteroatoms. The molecular weight excluding hydrogens is 246 g/mol. The second-order valence-electron chi connectivity index (χ2n) is 5.43. The van der Waals surface area contributed by atoms with Crippen LogP contribution in [0.15, 0.2) is 23.4 Å². The van der Waals surface area contributed by atoms with Crippen LogP contribution in [-0.4, -0.2) is 21.8 Å². The predicted molar refractivity (Wildman–Crippen MR) is 70.9 cm³/mol. The zero-order valence-electron chi connectivity index (χ0n) is 10.2. The fourth-order valence-corrected chi connectivity index (χ4v) is 4.53. The van der Waals surface area contributed by atoms with E-state index in [-0.39, 0.29) is 0 Å². The molecule has 0 spiro atoms. The summed E-state index contributed by atoms with van der Waals surface area (Å²) in [6, 6.07) is 3.23. The minimum Gasteiger partial charge on any atom is -0.478 e. The van der Waals surface area contributed by atoms with E-state index in [1.807, 2.05) is 0 Å². The maximum atomic E-state index is 10.9. The zero-order chi connectivity index (χ0) is 12.5. The average molecular weight is 263 g/mol. The number of pyridine rings is 1. The number of carboxylic acid groups (broad SMARTS) is 1. The topological polar surface area (TPSA) is 50.2 Å². The maximum absolute atomic E-state index is 10.9. The molecule has 18 heavy (non-hydrogen) atoms. The fraction of sp³-hybridized carbons (Fsp3) is 0.571. The first-order valence-corrected chi connectivity index (χ1v) is 7.53. The van der Waals surface area contributed by atoms with E-state index in [9.17, 15) is 4.79 Å². The molecule has 2 bridgehead atoms. The van der Waals surface area contributed by atoms with Gasteiger partial charge in [0.1, 0.15) is 0 Å². The lowest BCUT2D eigenvalue weighted by molar-refractivity contribution is 0.0696. The lowest BCUT2D eigenvalue weighted by Gasteiger charge is -2.20. The summed E-state index contributed by atoms with van der Waals surface area (Å²) in [7, 11) is 0. The lowest BCUT2D eigenvalue weighted by atomic mass is 9.90. The molecular formula is C14H17NO2S. The van der Waals surface area contributed by atoms with Crippen molar-refractivity contribution in [3.05, 3.63) is 23.9 Å². The van der Waals surface area contributed by atoms with Crippen molar-refractivity contribution in [3.63, 3.8) is 0 Å². The van der Waals surface area contributed by atoms with Gasteiger partial charge in [0.05, 0.1) is 10.6 Å². The molecule has 3 unspecified atom stereocenters. The Bertz CT molecular complexity index is 463. The lowest BCUT2D eigenvalue weighted by Crippen LogP contribution is -2.12. The van der Waals surface area contributed by atoms with Gasteiger partial charge in [0.15, 0.2) is 0 Å². The molecule has 96 valence electrons. The molecule has 0 radical (unpaired) electrons. The molecule has 1 aromatic heterocycles. The van der Waals surface area contributed by atoms with E-state index < -0.39 is 5.97 Å². The van der Waals surface area contributed by atoms with E-state index in [2.05, 4.69) is 4.98 Å². The largest absolute Gasteiger partial charge is 0.478 e. The number of hydrogen-bond donors (Lipinski definition) is 1.